The van der Waals surface area contributed by atoms with Crippen molar-refractivity contribution in [2.75, 3.05) is 16.8 Å². The number of nitrogen functional groups attached to an aromatic ring is 1. The third kappa shape index (κ3) is 3.29. The summed E-state index contributed by atoms with van der Waals surface area (Å²) in [5.74, 6) is 1.40. The molecule has 0 radical (unpaired) electrons. The molecule has 2 aromatic rings. The van der Waals surface area contributed by atoms with Crippen molar-refractivity contribution in [3.8, 4) is 0 Å². The molecule has 23 heavy (non-hydrogen) atoms. The molecule has 6 nitrogen and oxygen atoms in total. The van der Waals surface area contributed by atoms with Crippen LogP contribution in [0.5, 0.6) is 0 Å². The van der Waals surface area contributed by atoms with Gasteiger partial charge >= 0.3 is 0 Å². The number of sulfone groups is 1. The summed E-state index contributed by atoms with van der Waals surface area (Å²) < 4.78 is 23.9. The van der Waals surface area contributed by atoms with Gasteiger partial charge < -0.3 is 11.1 Å². The molecule has 0 unspecified atom stereocenters. The summed E-state index contributed by atoms with van der Waals surface area (Å²) in [6.45, 7) is 1.62. The lowest BCUT2D eigenvalue weighted by Gasteiger charge is -2.26. The molecule has 1 aliphatic carbocycles. The first kappa shape index (κ1) is 15.7. The molecule has 1 aromatic heterocycles. The number of aromatic nitrogens is 2. The first-order chi connectivity index (χ1) is 11.0. The summed E-state index contributed by atoms with van der Waals surface area (Å²) in [7, 11) is -3.24. The highest BCUT2D eigenvalue weighted by Gasteiger charge is 2.22. The average molecular weight is 332 g/mol. The minimum Gasteiger partial charge on any atom is -0.383 e. The van der Waals surface area contributed by atoms with E-state index in [1.54, 1.807) is 37.4 Å². The number of nitrogens with zero attached hydrogens (tertiary/aromatic N) is 2. The van der Waals surface area contributed by atoms with Crippen molar-refractivity contribution >= 4 is 27.3 Å². The van der Waals surface area contributed by atoms with Gasteiger partial charge in [-0.2, -0.15) is 4.98 Å². The van der Waals surface area contributed by atoms with Crippen molar-refractivity contribution in [3.05, 3.63) is 36.0 Å². The van der Waals surface area contributed by atoms with Gasteiger partial charge in [-0.1, -0.05) is 19.4 Å². The molecule has 122 valence electrons. The Morgan fingerprint density at radius 1 is 1.35 bits per heavy atom. The van der Waals surface area contributed by atoms with Crippen LogP contribution < -0.4 is 11.1 Å². The number of nitrogens with one attached hydrogen (secondary N) is 1. The van der Waals surface area contributed by atoms with Crippen molar-refractivity contribution in [2.24, 2.45) is 0 Å². The second-order valence-corrected chi connectivity index (χ2v) is 8.00. The van der Waals surface area contributed by atoms with Gasteiger partial charge in [0, 0.05) is 17.4 Å². The van der Waals surface area contributed by atoms with Crippen LogP contribution in [0.15, 0.2) is 35.4 Å². The Kier molecular flexibility index (Phi) is 4.21. The fourth-order valence-corrected chi connectivity index (χ4v) is 3.49. The summed E-state index contributed by atoms with van der Waals surface area (Å²) in [6.07, 6.45) is 5.26. The highest BCUT2D eigenvalue weighted by molar-refractivity contribution is 7.91. The Balaban J connectivity index is 1.82. The molecule has 0 saturated heterocycles. The molecule has 1 fully saturated rings. The number of benzene rings is 1. The molecule has 1 aliphatic rings. The molecular formula is C16H20N4O2S. The lowest BCUT2D eigenvalue weighted by atomic mass is 9.81. The predicted octanol–water partition coefficient (Wildman–Crippen LogP) is 2.86. The van der Waals surface area contributed by atoms with Crippen LogP contribution in [0, 0.1) is 0 Å². The first-order valence-electron chi connectivity index (χ1n) is 7.72. The Labute approximate surface area is 136 Å². The maximum absolute atomic E-state index is 11.9. The highest BCUT2D eigenvalue weighted by Crippen LogP contribution is 2.38. The first-order valence-corrected chi connectivity index (χ1v) is 9.37. The lowest BCUT2D eigenvalue weighted by molar-refractivity contribution is 0.419. The minimum atomic E-state index is -3.24. The zero-order chi connectivity index (χ0) is 16.4. The van der Waals surface area contributed by atoms with Crippen LogP contribution >= 0.6 is 0 Å². The topological polar surface area (TPSA) is 98.0 Å². The normalized spacial score (nSPS) is 15.2. The number of hydrogen-bond acceptors (Lipinski definition) is 6. The molecule has 7 heteroatoms. The second kappa shape index (κ2) is 6.16. The summed E-state index contributed by atoms with van der Waals surface area (Å²) in [5.41, 5.74) is 7.64. The highest BCUT2D eigenvalue weighted by atomic mass is 32.2. The van der Waals surface area contributed by atoms with Crippen molar-refractivity contribution in [2.45, 2.75) is 37.0 Å². The third-order valence-electron chi connectivity index (χ3n) is 4.22. The molecule has 0 bridgehead atoms. The van der Waals surface area contributed by atoms with Crippen molar-refractivity contribution in [1.82, 2.24) is 9.97 Å². The van der Waals surface area contributed by atoms with Crippen LogP contribution in [0.25, 0.3) is 0 Å². The largest absolute Gasteiger partial charge is 0.383 e. The minimum absolute atomic E-state index is 0.0655. The summed E-state index contributed by atoms with van der Waals surface area (Å²) >= 11 is 0. The van der Waals surface area contributed by atoms with Crippen molar-refractivity contribution < 1.29 is 8.42 Å². The maximum atomic E-state index is 11.9. The van der Waals surface area contributed by atoms with E-state index in [9.17, 15) is 8.42 Å². The van der Waals surface area contributed by atoms with Gasteiger partial charge in [-0.05, 0) is 37.0 Å². The molecule has 3 N–H and O–H groups in total. The zero-order valence-electron chi connectivity index (χ0n) is 13.0. The van der Waals surface area contributed by atoms with E-state index in [0.717, 1.165) is 18.4 Å². The molecule has 0 spiro atoms. The summed E-state index contributed by atoms with van der Waals surface area (Å²) in [4.78, 5) is 8.87. The SMILES string of the molecule is CCS(=O)(=O)c1cccc(Nc2ncc(C3CCC3)c(N)n2)c1. The predicted molar refractivity (Wildman–Crippen MR) is 90.5 cm³/mol. The summed E-state index contributed by atoms with van der Waals surface area (Å²) in [6, 6.07) is 6.63. The van der Waals surface area contributed by atoms with Gasteiger partial charge in [0.1, 0.15) is 5.82 Å². The smallest absolute Gasteiger partial charge is 0.229 e. The number of rotatable bonds is 5. The van der Waals surface area contributed by atoms with Crippen LogP contribution in [-0.2, 0) is 9.84 Å². The van der Waals surface area contributed by atoms with E-state index in [4.69, 9.17) is 5.73 Å². The molecule has 0 atom stereocenters. The van der Waals surface area contributed by atoms with Crippen LogP contribution in [0.1, 0.15) is 37.7 Å². The van der Waals surface area contributed by atoms with E-state index in [1.807, 2.05) is 0 Å². The molecule has 1 aromatic carbocycles. The molecule has 1 heterocycles. The molecular weight excluding hydrogens is 312 g/mol. The fourth-order valence-electron chi connectivity index (χ4n) is 2.56. The van der Waals surface area contributed by atoms with E-state index < -0.39 is 9.84 Å². The van der Waals surface area contributed by atoms with Crippen LogP contribution in [0.4, 0.5) is 17.5 Å². The van der Waals surface area contributed by atoms with Gasteiger partial charge in [-0.25, -0.2) is 13.4 Å². The van der Waals surface area contributed by atoms with E-state index in [1.165, 1.54) is 6.42 Å². The maximum Gasteiger partial charge on any atom is 0.229 e. The zero-order valence-corrected chi connectivity index (χ0v) is 13.8. The van der Waals surface area contributed by atoms with Gasteiger partial charge in [0.05, 0.1) is 10.6 Å². The van der Waals surface area contributed by atoms with Crippen LogP contribution in [0.2, 0.25) is 0 Å². The Bertz CT molecular complexity index is 817. The van der Waals surface area contributed by atoms with Crippen LogP contribution in [0.3, 0.4) is 0 Å². The number of hydrogen-bond donors (Lipinski definition) is 2. The van der Waals surface area contributed by atoms with Gasteiger partial charge in [-0.3, -0.25) is 0 Å². The Hall–Kier alpha value is -2.15. The van der Waals surface area contributed by atoms with Gasteiger partial charge in [-0.15, -0.1) is 0 Å². The van der Waals surface area contributed by atoms with Gasteiger partial charge in [0.2, 0.25) is 5.95 Å². The van der Waals surface area contributed by atoms with Crippen molar-refractivity contribution in [3.63, 3.8) is 0 Å². The van der Waals surface area contributed by atoms with E-state index in [-0.39, 0.29) is 10.6 Å². The van der Waals surface area contributed by atoms with E-state index in [2.05, 4.69) is 15.3 Å². The lowest BCUT2D eigenvalue weighted by Crippen LogP contribution is -2.13. The summed E-state index contributed by atoms with van der Waals surface area (Å²) in [5, 5.41) is 3.02. The van der Waals surface area contributed by atoms with Crippen molar-refractivity contribution in [1.29, 1.82) is 0 Å². The molecule has 3 rings (SSSR count). The second-order valence-electron chi connectivity index (χ2n) is 5.72. The van der Waals surface area contributed by atoms with E-state index >= 15 is 0 Å². The van der Waals surface area contributed by atoms with Gasteiger partial charge in [0.25, 0.3) is 0 Å². The Morgan fingerprint density at radius 2 is 2.13 bits per heavy atom. The number of anilines is 3. The van der Waals surface area contributed by atoms with E-state index in [0.29, 0.717) is 23.4 Å². The third-order valence-corrected chi connectivity index (χ3v) is 5.95. The van der Waals surface area contributed by atoms with Gasteiger partial charge in [0.15, 0.2) is 9.84 Å². The Morgan fingerprint density at radius 3 is 2.74 bits per heavy atom. The standard InChI is InChI=1S/C16H20N4O2S/c1-2-23(21,22)13-8-4-7-12(9-13)19-16-18-10-14(15(17)20-16)11-5-3-6-11/h4,7-11H,2-3,5-6H2,1H3,(H3,17,18,19,20). The molecule has 0 aliphatic heterocycles. The monoisotopic (exact) mass is 332 g/mol. The fraction of sp³-hybridized carbons (Fsp3) is 0.375. The average Bonchev–Trinajstić information content (AvgIpc) is 2.48. The number of nitrogens with two attached hydrogens (primary N) is 1. The molecule has 1 saturated carbocycles. The van der Waals surface area contributed by atoms with Crippen LogP contribution in [-0.4, -0.2) is 24.1 Å². The molecule has 0 amide bonds. The quantitative estimate of drug-likeness (QED) is 0.873.